The van der Waals surface area contributed by atoms with E-state index in [2.05, 4.69) is 19.9 Å². The molecule has 0 aliphatic heterocycles. The highest BCUT2D eigenvalue weighted by atomic mass is 16.5. The predicted octanol–water partition coefficient (Wildman–Crippen LogP) is 2.51. The van der Waals surface area contributed by atoms with E-state index in [-0.39, 0.29) is 23.4 Å². The first-order chi connectivity index (χ1) is 13.8. The standard InChI is InChI=1S/C20H21N5O4/c1-12(2)28-14-7-13(18-21-6-5-17(26)24-18)8-15(9-14)29-16-10-22-19(23-11-16)20(27)25(3)4/h5-12H,1-4H3,(H,21,24,26). The molecular formula is C20H21N5O4. The summed E-state index contributed by atoms with van der Waals surface area (Å²) in [5.74, 6) is 1.51. The zero-order valence-corrected chi connectivity index (χ0v) is 16.5. The summed E-state index contributed by atoms with van der Waals surface area (Å²) in [6.45, 7) is 3.81. The smallest absolute Gasteiger partial charge is 0.291 e. The molecule has 3 aromatic rings. The fraction of sp³-hybridized carbons (Fsp3) is 0.250. The van der Waals surface area contributed by atoms with Crippen LogP contribution >= 0.6 is 0 Å². The van der Waals surface area contributed by atoms with Gasteiger partial charge in [-0.2, -0.15) is 0 Å². The Kier molecular flexibility index (Phi) is 5.87. The lowest BCUT2D eigenvalue weighted by Crippen LogP contribution is -2.23. The van der Waals surface area contributed by atoms with Crippen molar-refractivity contribution in [1.82, 2.24) is 24.8 Å². The van der Waals surface area contributed by atoms with Crippen LogP contribution in [0.5, 0.6) is 17.2 Å². The van der Waals surface area contributed by atoms with Gasteiger partial charge in [0.15, 0.2) is 5.75 Å². The van der Waals surface area contributed by atoms with E-state index in [1.807, 2.05) is 13.8 Å². The van der Waals surface area contributed by atoms with Gasteiger partial charge in [-0.25, -0.2) is 15.0 Å². The highest BCUT2D eigenvalue weighted by molar-refractivity contribution is 5.89. The first kappa shape index (κ1) is 20.0. The molecular weight excluding hydrogens is 374 g/mol. The lowest BCUT2D eigenvalue weighted by Gasteiger charge is -2.14. The average molecular weight is 395 g/mol. The molecule has 0 bridgehead atoms. The van der Waals surface area contributed by atoms with E-state index in [0.29, 0.717) is 28.6 Å². The van der Waals surface area contributed by atoms with Crippen molar-refractivity contribution in [3.63, 3.8) is 0 Å². The molecule has 1 N–H and O–H groups in total. The van der Waals surface area contributed by atoms with Crippen LogP contribution in [0.4, 0.5) is 0 Å². The second-order valence-electron chi connectivity index (χ2n) is 6.69. The monoisotopic (exact) mass is 395 g/mol. The maximum absolute atomic E-state index is 11.9. The molecule has 9 nitrogen and oxygen atoms in total. The number of ether oxygens (including phenoxy) is 2. The minimum absolute atomic E-state index is 0.0551. The largest absolute Gasteiger partial charge is 0.491 e. The number of rotatable bonds is 6. The first-order valence-corrected chi connectivity index (χ1v) is 8.91. The van der Waals surface area contributed by atoms with E-state index in [1.54, 1.807) is 32.3 Å². The third-order valence-corrected chi connectivity index (χ3v) is 3.66. The van der Waals surface area contributed by atoms with Crippen molar-refractivity contribution in [3.8, 4) is 28.6 Å². The minimum Gasteiger partial charge on any atom is -0.491 e. The van der Waals surface area contributed by atoms with Crippen LogP contribution in [0.3, 0.4) is 0 Å². The molecule has 9 heteroatoms. The van der Waals surface area contributed by atoms with Gasteiger partial charge in [-0.3, -0.25) is 9.59 Å². The number of hydrogen-bond donors (Lipinski definition) is 1. The van der Waals surface area contributed by atoms with Crippen molar-refractivity contribution in [2.75, 3.05) is 14.1 Å². The molecule has 0 fully saturated rings. The Hall–Kier alpha value is -3.75. The van der Waals surface area contributed by atoms with Crippen LogP contribution in [0.1, 0.15) is 24.5 Å². The summed E-state index contributed by atoms with van der Waals surface area (Å²) in [6.07, 6.45) is 4.21. The number of carbonyl (C=O) groups excluding carboxylic acids is 1. The third-order valence-electron chi connectivity index (χ3n) is 3.66. The maximum Gasteiger partial charge on any atom is 0.291 e. The number of aromatic amines is 1. The Balaban J connectivity index is 1.92. The summed E-state index contributed by atoms with van der Waals surface area (Å²) in [5.41, 5.74) is 0.360. The van der Waals surface area contributed by atoms with Crippen LogP contribution in [-0.4, -0.2) is 50.9 Å². The van der Waals surface area contributed by atoms with Gasteiger partial charge in [-0.15, -0.1) is 0 Å². The van der Waals surface area contributed by atoms with Gasteiger partial charge in [-0.1, -0.05) is 0 Å². The van der Waals surface area contributed by atoms with Crippen LogP contribution in [0.2, 0.25) is 0 Å². The van der Waals surface area contributed by atoms with Gasteiger partial charge < -0.3 is 19.4 Å². The summed E-state index contributed by atoms with van der Waals surface area (Å²) in [4.78, 5) is 39.9. The van der Waals surface area contributed by atoms with Crippen LogP contribution < -0.4 is 15.0 Å². The topological polar surface area (TPSA) is 110 Å². The van der Waals surface area contributed by atoms with Crippen molar-refractivity contribution in [3.05, 3.63) is 59.0 Å². The van der Waals surface area contributed by atoms with E-state index in [4.69, 9.17) is 9.47 Å². The number of amides is 1. The minimum atomic E-state index is -0.301. The SMILES string of the molecule is CC(C)Oc1cc(Oc2cnc(C(=O)N(C)C)nc2)cc(-c2nccc(=O)[nH]2)c1. The number of nitrogens with zero attached hydrogens (tertiary/aromatic N) is 4. The predicted molar refractivity (Wildman–Crippen MR) is 106 cm³/mol. The van der Waals surface area contributed by atoms with Gasteiger partial charge in [0.2, 0.25) is 5.82 Å². The molecule has 0 unspecified atom stereocenters. The number of hydrogen-bond acceptors (Lipinski definition) is 7. The van der Waals surface area contributed by atoms with Crippen molar-refractivity contribution in [2.24, 2.45) is 0 Å². The molecule has 3 rings (SSSR count). The van der Waals surface area contributed by atoms with E-state index in [0.717, 1.165) is 0 Å². The Morgan fingerprint density at radius 2 is 1.72 bits per heavy atom. The highest BCUT2D eigenvalue weighted by Gasteiger charge is 2.13. The molecule has 1 aromatic carbocycles. The zero-order chi connectivity index (χ0) is 21.0. The van der Waals surface area contributed by atoms with Crippen molar-refractivity contribution in [2.45, 2.75) is 20.0 Å². The fourth-order valence-corrected chi connectivity index (χ4v) is 2.44. The second-order valence-corrected chi connectivity index (χ2v) is 6.69. The van der Waals surface area contributed by atoms with E-state index >= 15 is 0 Å². The highest BCUT2D eigenvalue weighted by Crippen LogP contribution is 2.31. The molecule has 0 spiro atoms. The maximum atomic E-state index is 11.9. The van der Waals surface area contributed by atoms with Crippen LogP contribution in [0, 0.1) is 0 Å². The Morgan fingerprint density at radius 1 is 1.03 bits per heavy atom. The Labute approximate surface area is 167 Å². The average Bonchev–Trinajstić information content (AvgIpc) is 2.67. The summed E-state index contributed by atoms with van der Waals surface area (Å²) in [6, 6.07) is 6.53. The number of carbonyl (C=O) groups is 1. The fourth-order valence-electron chi connectivity index (χ4n) is 2.44. The molecule has 0 saturated heterocycles. The molecule has 29 heavy (non-hydrogen) atoms. The molecule has 0 radical (unpaired) electrons. The molecule has 0 saturated carbocycles. The summed E-state index contributed by atoms with van der Waals surface area (Å²) in [7, 11) is 3.25. The third kappa shape index (κ3) is 5.16. The van der Waals surface area contributed by atoms with Crippen molar-refractivity contribution >= 4 is 5.91 Å². The van der Waals surface area contributed by atoms with Gasteiger partial charge >= 0.3 is 0 Å². The molecule has 150 valence electrons. The normalized spacial score (nSPS) is 10.7. The number of benzene rings is 1. The van der Waals surface area contributed by atoms with Gasteiger partial charge in [0.25, 0.3) is 11.5 Å². The molecule has 2 heterocycles. The zero-order valence-electron chi connectivity index (χ0n) is 16.5. The second kappa shape index (κ2) is 8.51. The van der Waals surface area contributed by atoms with Crippen LogP contribution in [0.15, 0.2) is 47.7 Å². The number of H-pyrrole nitrogens is 1. The summed E-state index contributed by atoms with van der Waals surface area (Å²) < 4.78 is 11.6. The van der Waals surface area contributed by atoms with E-state index < -0.39 is 0 Å². The van der Waals surface area contributed by atoms with Crippen molar-refractivity contribution < 1.29 is 14.3 Å². The Morgan fingerprint density at radius 3 is 2.34 bits per heavy atom. The molecule has 0 atom stereocenters. The van der Waals surface area contributed by atoms with Crippen LogP contribution in [0.25, 0.3) is 11.4 Å². The molecule has 0 aliphatic rings. The Bertz CT molecular complexity index is 1060. The van der Waals surface area contributed by atoms with Gasteiger partial charge in [0.1, 0.15) is 17.3 Å². The van der Waals surface area contributed by atoms with E-state index in [9.17, 15) is 9.59 Å². The number of aromatic nitrogens is 4. The molecule has 1 amide bonds. The van der Waals surface area contributed by atoms with Crippen LogP contribution in [-0.2, 0) is 0 Å². The first-order valence-electron chi connectivity index (χ1n) is 8.91. The molecule has 2 aromatic heterocycles. The van der Waals surface area contributed by atoms with Gasteiger partial charge in [0.05, 0.1) is 18.5 Å². The summed E-state index contributed by atoms with van der Waals surface area (Å²) >= 11 is 0. The lowest BCUT2D eigenvalue weighted by molar-refractivity contribution is 0.0815. The number of nitrogens with one attached hydrogen (secondary N) is 1. The lowest BCUT2D eigenvalue weighted by atomic mass is 10.2. The summed E-state index contributed by atoms with van der Waals surface area (Å²) in [5, 5.41) is 0. The quantitative estimate of drug-likeness (QED) is 0.683. The molecule has 0 aliphatic carbocycles. The van der Waals surface area contributed by atoms with Gasteiger partial charge in [0, 0.05) is 38.0 Å². The van der Waals surface area contributed by atoms with E-state index in [1.165, 1.54) is 29.6 Å². The van der Waals surface area contributed by atoms with Crippen molar-refractivity contribution in [1.29, 1.82) is 0 Å². The van der Waals surface area contributed by atoms with Gasteiger partial charge in [-0.05, 0) is 26.0 Å².